The topological polar surface area (TPSA) is 61.0 Å². The lowest BCUT2D eigenvalue weighted by Crippen LogP contribution is -2.08. The fourth-order valence-corrected chi connectivity index (χ4v) is 0.795. The molecule has 0 saturated carbocycles. The normalized spacial score (nSPS) is 10.3. The highest BCUT2D eigenvalue weighted by Gasteiger charge is 2.01. The molecule has 0 saturated heterocycles. The average Bonchev–Trinajstić information content (AvgIpc) is 2.06. The van der Waals surface area contributed by atoms with Gasteiger partial charge in [-0.15, -0.1) is 0 Å². The highest BCUT2D eigenvalue weighted by Crippen LogP contribution is 2.11. The Bertz CT molecular complexity index is 233. The van der Waals surface area contributed by atoms with Crippen molar-refractivity contribution >= 4 is 0 Å². The van der Waals surface area contributed by atoms with Gasteiger partial charge in [-0.3, -0.25) is 5.73 Å². The summed E-state index contributed by atoms with van der Waals surface area (Å²) in [6, 6.07) is 0. The second-order valence-electron chi connectivity index (χ2n) is 2.74. The van der Waals surface area contributed by atoms with Crippen LogP contribution >= 0.6 is 0 Å². The molecule has 0 aromatic carbocycles. The molecule has 1 heterocycles. The van der Waals surface area contributed by atoms with Crippen molar-refractivity contribution in [3.63, 3.8) is 0 Å². The molecule has 4 nitrogen and oxygen atoms in total. The number of nitrogens with zero attached hydrogens (tertiary/aromatic N) is 2. The van der Waals surface area contributed by atoms with Crippen LogP contribution in [0.15, 0.2) is 12.4 Å². The standard InChI is InChI=1S/C8H13N3O/c1-6(2)8-10-3-7(4-11-8)12-5-9/h3-4,6H,5,9H2,1-2H3. The fraction of sp³-hybridized carbons (Fsp3) is 0.500. The van der Waals surface area contributed by atoms with Crippen molar-refractivity contribution < 1.29 is 4.74 Å². The zero-order chi connectivity index (χ0) is 8.97. The Morgan fingerprint density at radius 2 is 2.00 bits per heavy atom. The van der Waals surface area contributed by atoms with Crippen molar-refractivity contribution in [2.45, 2.75) is 19.8 Å². The van der Waals surface area contributed by atoms with E-state index in [0.29, 0.717) is 11.7 Å². The predicted molar refractivity (Wildman–Crippen MR) is 45.8 cm³/mol. The minimum Gasteiger partial charge on any atom is -0.475 e. The zero-order valence-electron chi connectivity index (χ0n) is 7.32. The Morgan fingerprint density at radius 3 is 2.42 bits per heavy atom. The third-order valence-electron chi connectivity index (χ3n) is 1.41. The van der Waals surface area contributed by atoms with Gasteiger partial charge < -0.3 is 4.74 Å². The Morgan fingerprint density at radius 1 is 1.42 bits per heavy atom. The number of hydrogen-bond donors (Lipinski definition) is 1. The summed E-state index contributed by atoms with van der Waals surface area (Å²) in [4.78, 5) is 8.21. The van der Waals surface area contributed by atoms with E-state index in [0.717, 1.165) is 5.82 Å². The monoisotopic (exact) mass is 167 g/mol. The smallest absolute Gasteiger partial charge is 0.157 e. The predicted octanol–water partition coefficient (Wildman–Crippen LogP) is 0.895. The first-order valence-corrected chi connectivity index (χ1v) is 3.89. The number of nitrogens with two attached hydrogens (primary N) is 1. The van der Waals surface area contributed by atoms with Crippen molar-refractivity contribution in [2.75, 3.05) is 6.73 Å². The fourth-order valence-electron chi connectivity index (χ4n) is 0.795. The maximum absolute atomic E-state index is 5.18. The lowest BCUT2D eigenvalue weighted by atomic mass is 10.2. The van der Waals surface area contributed by atoms with E-state index in [2.05, 4.69) is 9.97 Å². The van der Waals surface area contributed by atoms with Crippen LogP contribution in [0.2, 0.25) is 0 Å². The van der Waals surface area contributed by atoms with Crippen LogP contribution in [0.25, 0.3) is 0 Å². The van der Waals surface area contributed by atoms with E-state index >= 15 is 0 Å². The number of hydrogen-bond acceptors (Lipinski definition) is 4. The van der Waals surface area contributed by atoms with Crippen molar-refractivity contribution in [2.24, 2.45) is 5.73 Å². The first-order chi connectivity index (χ1) is 5.74. The Kier molecular flexibility index (Phi) is 2.99. The van der Waals surface area contributed by atoms with Gasteiger partial charge in [-0.25, -0.2) is 9.97 Å². The largest absolute Gasteiger partial charge is 0.475 e. The molecule has 0 aliphatic carbocycles. The third-order valence-corrected chi connectivity index (χ3v) is 1.41. The van der Waals surface area contributed by atoms with Gasteiger partial charge in [-0.1, -0.05) is 13.8 Å². The molecule has 0 aliphatic rings. The maximum atomic E-state index is 5.18. The van der Waals surface area contributed by atoms with Crippen LogP contribution in [0.4, 0.5) is 0 Å². The van der Waals surface area contributed by atoms with E-state index in [-0.39, 0.29) is 6.73 Å². The minimum atomic E-state index is 0.157. The summed E-state index contributed by atoms with van der Waals surface area (Å²) < 4.78 is 4.99. The average molecular weight is 167 g/mol. The molecule has 0 amide bonds. The van der Waals surface area contributed by atoms with Crippen LogP contribution in [-0.4, -0.2) is 16.7 Å². The second kappa shape index (κ2) is 4.01. The van der Waals surface area contributed by atoms with Crippen LogP contribution in [0.5, 0.6) is 5.75 Å². The molecule has 0 spiro atoms. The zero-order valence-corrected chi connectivity index (χ0v) is 7.32. The molecule has 2 N–H and O–H groups in total. The number of aromatic nitrogens is 2. The highest BCUT2D eigenvalue weighted by molar-refractivity contribution is 5.12. The SMILES string of the molecule is CC(C)c1ncc(OCN)cn1. The molecular formula is C8H13N3O. The van der Waals surface area contributed by atoms with Gasteiger partial charge in [0.05, 0.1) is 12.4 Å². The van der Waals surface area contributed by atoms with Crippen molar-refractivity contribution in [3.8, 4) is 5.75 Å². The summed E-state index contributed by atoms with van der Waals surface area (Å²) in [7, 11) is 0. The molecule has 0 fully saturated rings. The van der Waals surface area contributed by atoms with Crippen molar-refractivity contribution in [3.05, 3.63) is 18.2 Å². The van der Waals surface area contributed by atoms with Gasteiger partial charge in [-0.2, -0.15) is 0 Å². The van der Waals surface area contributed by atoms with Crippen LogP contribution < -0.4 is 10.5 Å². The first kappa shape index (κ1) is 8.93. The molecule has 12 heavy (non-hydrogen) atoms. The summed E-state index contributed by atoms with van der Waals surface area (Å²) in [5, 5.41) is 0. The van der Waals surface area contributed by atoms with Crippen LogP contribution in [0.3, 0.4) is 0 Å². The van der Waals surface area contributed by atoms with Crippen LogP contribution in [-0.2, 0) is 0 Å². The van der Waals surface area contributed by atoms with Gasteiger partial charge >= 0.3 is 0 Å². The van der Waals surface area contributed by atoms with Gasteiger partial charge in [0.1, 0.15) is 12.6 Å². The Hall–Kier alpha value is -1.16. The third kappa shape index (κ3) is 2.17. The second-order valence-corrected chi connectivity index (χ2v) is 2.74. The molecule has 0 atom stereocenters. The quantitative estimate of drug-likeness (QED) is 0.679. The summed E-state index contributed by atoms with van der Waals surface area (Å²) in [5.41, 5.74) is 5.18. The van der Waals surface area contributed by atoms with E-state index in [9.17, 15) is 0 Å². The lowest BCUT2D eigenvalue weighted by Gasteiger charge is -2.04. The molecule has 0 radical (unpaired) electrons. The van der Waals surface area contributed by atoms with Gasteiger partial charge in [0.15, 0.2) is 5.75 Å². The van der Waals surface area contributed by atoms with E-state index in [1.54, 1.807) is 12.4 Å². The van der Waals surface area contributed by atoms with Gasteiger partial charge in [0.25, 0.3) is 0 Å². The first-order valence-electron chi connectivity index (χ1n) is 3.89. The molecule has 0 aliphatic heterocycles. The van der Waals surface area contributed by atoms with Crippen molar-refractivity contribution in [1.82, 2.24) is 9.97 Å². The summed E-state index contributed by atoms with van der Waals surface area (Å²) in [5.74, 6) is 1.78. The molecule has 4 heteroatoms. The minimum absolute atomic E-state index is 0.157. The van der Waals surface area contributed by atoms with Gasteiger partial charge in [-0.05, 0) is 0 Å². The molecule has 1 aromatic rings. The van der Waals surface area contributed by atoms with Crippen molar-refractivity contribution in [1.29, 1.82) is 0 Å². The summed E-state index contributed by atoms with van der Waals surface area (Å²) >= 11 is 0. The maximum Gasteiger partial charge on any atom is 0.157 e. The molecule has 1 aromatic heterocycles. The number of ether oxygens (including phenoxy) is 1. The van der Waals surface area contributed by atoms with Crippen LogP contribution in [0, 0.1) is 0 Å². The molecular weight excluding hydrogens is 154 g/mol. The molecule has 1 rings (SSSR count). The van der Waals surface area contributed by atoms with Crippen LogP contribution in [0.1, 0.15) is 25.6 Å². The van der Waals surface area contributed by atoms with Gasteiger partial charge in [0, 0.05) is 5.92 Å². The van der Waals surface area contributed by atoms with E-state index in [1.807, 2.05) is 13.8 Å². The van der Waals surface area contributed by atoms with E-state index in [4.69, 9.17) is 10.5 Å². The summed E-state index contributed by atoms with van der Waals surface area (Å²) in [6.45, 7) is 4.24. The molecule has 0 bridgehead atoms. The van der Waals surface area contributed by atoms with Gasteiger partial charge in [0.2, 0.25) is 0 Å². The molecule has 66 valence electrons. The number of rotatable bonds is 3. The molecule has 0 unspecified atom stereocenters. The van der Waals surface area contributed by atoms with E-state index in [1.165, 1.54) is 0 Å². The van der Waals surface area contributed by atoms with E-state index < -0.39 is 0 Å². The Balaban J connectivity index is 2.71. The summed E-state index contributed by atoms with van der Waals surface area (Å²) in [6.07, 6.45) is 3.27. The lowest BCUT2D eigenvalue weighted by molar-refractivity contribution is 0.326. The highest BCUT2D eigenvalue weighted by atomic mass is 16.5. The Labute approximate surface area is 71.8 Å².